The third kappa shape index (κ3) is 3.22. The minimum absolute atomic E-state index is 0.0808. The van der Waals surface area contributed by atoms with Gasteiger partial charge in [0.05, 0.1) is 10.0 Å². The van der Waals surface area contributed by atoms with Gasteiger partial charge in [-0.3, -0.25) is 4.79 Å². The van der Waals surface area contributed by atoms with Crippen LogP contribution in [0.2, 0.25) is 10.0 Å². The molecule has 21 heavy (non-hydrogen) atoms. The quantitative estimate of drug-likeness (QED) is 0.936. The van der Waals surface area contributed by atoms with E-state index < -0.39 is 0 Å². The van der Waals surface area contributed by atoms with Crippen molar-refractivity contribution in [2.75, 3.05) is 6.61 Å². The Morgan fingerprint density at radius 1 is 1.38 bits per heavy atom. The van der Waals surface area contributed by atoms with Crippen molar-refractivity contribution in [2.45, 2.75) is 25.8 Å². The molecule has 110 valence electrons. The lowest BCUT2D eigenvalue weighted by atomic mass is 10.2. The number of benzene rings is 1. The van der Waals surface area contributed by atoms with Crippen LogP contribution < -0.4 is 10.1 Å². The second-order valence-electron chi connectivity index (χ2n) is 5.15. The Labute approximate surface area is 132 Å². The molecule has 1 aromatic carbocycles. The predicted octanol–water partition coefficient (Wildman–Crippen LogP) is 3.51. The zero-order valence-electron chi connectivity index (χ0n) is 11.5. The standard InChI is InChI=1S/C15H14Cl2N2O2/c1-8-2-5-10-11(16)6-12(17)15(14(10)18-8)21-7-13(20)19-9-3-4-9/h2,5-6,9H,3-4,7H2,1H3,(H,19,20). The van der Waals surface area contributed by atoms with E-state index in [1.54, 1.807) is 6.07 Å². The van der Waals surface area contributed by atoms with Gasteiger partial charge in [-0.1, -0.05) is 23.2 Å². The van der Waals surface area contributed by atoms with Crippen LogP contribution in [0.5, 0.6) is 5.75 Å². The van der Waals surface area contributed by atoms with Gasteiger partial charge in [0.1, 0.15) is 5.52 Å². The van der Waals surface area contributed by atoms with Gasteiger partial charge in [-0.25, -0.2) is 4.98 Å². The van der Waals surface area contributed by atoms with Crippen LogP contribution in [0.1, 0.15) is 18.5 Å². The summed E-state index contributed by atoms with van der Waals surface area (Å²) in [4.78, 5) is 16.1. The van der Waals surface area contributed by atoms with Crippen LogP contribution in [-0.4, -0.2) is 23.5 Å². The fraction of sp³-hybridized carbons (Fsp3) is 0.333. The molecule has 1 aromatic heterocycles. The van der Waals surface area contributed by atoms with Crippen molar-refractivity contribution in [3.63, 3.8) is 0 Å². The zero-order valence-corrected chi connectivity index (χ0v) is 13.0. The first-order valence-corrected chi connectivity index (χ1v) is 7.47. The lowest BCUT2D eigenvalue weighted by Gasteiger charge is -2.12. The molecule has 0 radical (unpaired) electrons. The molecule has 1 aliphatic carbocycles. The van der Waals surface area contributed by atoms with E-state index in [1.807, 2.05) is 19.1 Å². The summed E-state index contributed by atoms with van der Waals surface area (Å²) >= 11 is 12.3. The van der Waals surface area contributed by atoms with Gasteiger partial charge in [0.15, 0.2) is 12.4 Å². The number of ether oxygens (including phenoxy) is 1. The normalized spacial score (nSPS) is 14.2. The van der Waals surface area contributed by atoms with Gasteiger partial charge >= 0.3 is 0 Å². The Morgan fingerprint density at radius 2 is 2.14 bits per heavy atom. The van der Waals surface area contributed by atoms with E-state index in [4.69, 9.17) is 27.9 Å². The average Bonchev–Trinajstić information content (AvgIpc) is 3.21. The average molecular weight is 325 g/mol. The van der Waals surface area contributed by atoms with Crippen molar-refractivity contribution in [1.29, 1.82) is 0 Å². The molecule has 1 aliphatic rings. The van der Waals surface area contributed by atoms with Crippen molar-refractivity contribution in [1.82, 2.24) is 10.3 Å². The van der Waals surface area contributed by atoms with E-state index >= 15 is 0 Å². The van der Waals surface area contributed by atoms with Crippen LogP contribution >= 0.6 is 23.2 Å². The van der Waals surface area contributed by atoms with Crippen molar-refractivity contribution < 1.29 is 9.53 Å². The van der Waals surface area contributed by atoms with Gasteiger partial charge in [-0.15, -0.1) is 0 Å². The first-order chi connectivity index (χ1) is 10.0. The smallest absolute Gasteiger partial charge is 0.258 e. The summed E-state index contributed by atoms with van der Waals surface area (Å²) in [7, 11) is 0. The maximum absolute atomic E-state index is 11.7. The number of nitrogens with zero attached hydrogens (tertiary/aromatic N) is 1. The van der Waals surface area contributed by atoms with Crippen LogP contribution in [0.4, 0.5) is 0 Å². The number of hydrogen-bond acceptors (Lipinski definition) is 3. The second-order valence-corrected chi connectivity index (χ2v) is 5.96. The maximum Gasteiger partial charge on any atom is 0.258 e. The maximum atomic E-state index is 11.7. The lowest BCUT2D eigenvalue weighted by Crippen LogP contribution is -2.30. The van der Waals surface area contributed by atoms with Crippen LogP contribution in [0.15, 0.2) is 18.2 Å². The molecular formula is C15H14Cl2N2O2. The molecule has 0 spiro atoms. The zero-order chi connectivity index (χ0) is 15.0. The molecular weight excluding hydrogens is 311 g/mol. The molecule has 3 rings (SSSR count). The molecule has 1 amide bonds. The number of rotatable bonds is 4. The number of aromatic nitrogens is 1. The highest BCUT2D eigenvalue weighted by atomic mass is 35.5. The monoisotopic (exact) mass is 324 g/mol. The minimum Gasteiger partial charge on any atom is -0.480 e. The highest BCUT2D eigenvalue weighted by Crippen LogP contribution is 2.37. The fourth-order valence-electron chi connectivity index (χ4n) is 2.06. The summed E-state index contributed by atoms with van der Waals surface area (Å²) in [6, 6.07) is 5.65. The molecule has 6 heteroatoms. The summed E-state index contributed by atoms with van der Waals surface area (Å²) < 4.78 is 5.59. The molecule has 0 saturated heterocycles. The van der Waals surface area contributed by atoms with Crippen molar-refractivity contribution in [3.05, 3.63) is 33.9 Å². The summed E-state index contributed by atoms with van der Waals surface area (Å²) in [5.41, 5.74) is 1.40. The number of hydrogen-bond donors (Lipinski definition) is 1. The molecule has 0 bridgehead atoms. The van der Waals surface area contributed by atoms with Crippen LogP contribution in [0.3, 0.4) is 0 Å². The minimum atomic E-state index is -0.149. The number of pyridine rings is 1. The fourth-order valence-corrected chi connectivity index (χ4v) is 2.63. The van der Waals surface area contributed by atoms with Crippen molar-refractivity contribution in [3.8, 4) is 5.75 Å². The first kappa shape index (κ1) is 14.4. The number of fused-ring (bicyclic) bond motifs is 1. The number of amides is 1. The van der Waals surface area contributed by atoms with Gasteiger partial charge < -0.3 is 10.1 Å². The summed E-state index contributed by atoms with van der Waals surface area (Å²) in [5.74, 6) is 0.245. The molecule has 1 N–H and O–H groups in total. The highest BCUT2D eigenvalue weighted by molar-refractivity contribution is 6.39. The lowest BCUT2D eigenvalue weighted by molar-refractivity contribution is -0.123. The van der Waals surface area contributed by atoms with Crippen molar-refractivity contribution in [2.24, 2.45) is 0 Å². The summed E-state index contributed by atoms with van der Waals surface area (Å²) in [5, 5.41) is 4.48. The molecule has 0 unspecified atom stereocenters. The molecule has 2 aromatic rings. The number of halogens is 2. The van der Waals surface area contributed by atoms with E-state index in [2.05, 4.69) is 10.3 Å². The summed E-state index contributed by atoms with van der Waals surface area (Å²) in [6.45, 7) is 1.79. The van der Waals surface area contributed by atoms with Crippen molar-refractivity contribution >= 4 is 40.0 Å². The van der Waals surface area contributed by atoms with Crippen LogP contribution in [0.25, 0.3) is 10.9 Å². The second kappa shape index (κ2) is 5.70. The van der Waals surface area contributed by atoms with E-state index in [-0.39, 0.29) is 12.5 Å². The summed E-state index contributed by atoms with van der Waals surface area (Å²) in [6.07, 6.45) is 2.08. The van der Waals surface area contributed by atoms with E-state index in [1.165, 1.54) is 0 Å². The molecule has 4 nitrogen and oxygen atoms in total. The van der Waals surface area contributed by atoms with E-state index in [9.17, 15) is 4.79 Å². The Bertz CT molecular complexity index is 714. The third-order valence-electron chi connectivity index (χ3n) is 3.27. The number of carbonyl (C=O) groups is 1. The van der Waals surface area contributed by atoms with E-state index in [0.29, 0.717) is 27.4 Å². The Morgan fingerprint density at radius 3 is 2.86 bits per heavy atom. The van der Waals surface area contributed by atoms with Gasteiger partial charge in [-0.2, -0.15) is 0 Å². The highest BCUT2D eigenvalue weighted by Gasteiger charge is 2.23. The first-order valence-electron chi connectivity index (χ1n) is 6.72. The molecule has 0 aliphatic heterocycles. The number of nitrogens with one attached hydrogen (secondary N) is 1. The van der Waals surface area contributed by atoms with E-state index in [0.717, 1.165) is 23.9 Å². The molecule has 1 heterocycles. The number of aryl methyl sites for hydroxylation is 1. The van der Waals surface area contributed by atoms with Crippen LogP contribution in [0, 0.1) is 6.92 Å². The van der Waals surface area contributed by atoms with Gasteiger partial charge in [-0.05, 0) is 38.0 Å². The molecule has 1 fully saturated rings. The molecule has 0 atom stereocenters. The Balaban J connectivity index is 1.89. The van der Waals surface area contributed by atoms with Crippen LogP contribution in [-0.2, 0) is 4.79 Å². The SMILES string of the molecule is Cc1ccc2c(Cl)cc(Cl)c(OCC(=O)NC3CC3)c2n1. The number of carbonyl (C=O) groups excluding carboxylic acids is 1. The van der Waals surface area contributed by atoms with Gasteiger partial charge in [0.2, 0.25) is 0 Å². The Hall–Kier alpha value is -1.52. The third-order valence-corrected chi connectivity index (χ3v) is 3.86. The molecule has 1 saturated carbocycles. The van der Waals surface area contributed by atoms with Gasteiger partial charge in [0, 0.05) is 17.1 Å². The topological polar surface area (TPSA) is 51.2 Å². The largest absolute Gasteiger partial charge is 0.480 e. The Kier molecular flexibility index (Phi) is 3.91. The van der Waals surface area contributed by atoms with Gasteiger partial charge in [0.25, 0.3) is 5.91 Å². The predicted molar refractivity (Wildman–Crippen MR) is 83.2 cm³/mol.